The smallest absolute Gasteiger partial charge is 0.274 e. The first-order valence-corrected chi connectivity index (χ1v) is 9.23. The minimum Gasteiger partial charge on any atom is -0.358 e. The van der Waals surface area contributed by atoms with Gasteiger partial charge in [-0.2, -0.15) is 0 Å². The summed E-state index contributed by atoms with van der Waals surface area (Å²) in [5.41, 5.74) is 0. The molecule has 0 spiro atoms. The number of nitrogens with one attached hydrogen (secondary N) is 2. The number of hydrogen-bond acceptors (Lipinski definition) is 4. The van der Waals surface area contributed by atoms with Gasteiger partial charge in [-0.1, -0.05) is 24.0 Å². The molecule has 8 heteroatoms. The van der Waals surface area contributed by atoms with E-state index in [0.717, 1.165) is 43.6 Å². The van der Waals surface area contributed by atoms with E-state index in [1.807, 2.05) is 4.90 Å². The van der Waals surface area contributed by atoms with Crippen molar-refractivity contribution in [2.45, 2.75) is 12.8 Å². The third-order valence-corrected chi connectivity index (χ3v) is 5.70. The van der Waals surface area contributed by atoms with Crippen LogP contribution in [0.2, 0.25) is 0 Å². The summed E-state index contributed by atoms with van der Waals surface area (Å²) >= 11 is 6.87. The minimum absolute atomic E-state index is 0.0568. The minimum atomic E-state index is 0.0568. The van der Waals surface area contributed by atoms with Gasteiger partial charge in [0.15, 0.2) is 6.54 Å². The molecule has 2 aliphatic heterocycles. The summed E-state index contributed by atoms with van der Waals surface area (Å²) in [7, 11) is 1.65. The molecule has 0 radical (unpaired) electrons. The molecule has 2 rings (SSSR count). The highest BCUT2D eigenvalue weighted by atomic mass is 32.2. The van der Waals surface area contributed by atoms with Crippen molar-refractivity contribution < 1.29 is 14.5 Å². The summed E-state index contributed by atoms with van der Waals surface area (Å²) in [6, 6.07) is 0. The van der Waals surface area contributed by atoms with E-state index in [2.05, 4.69) is 10.2 Å². The van der Waals surface area contributed by atoms with Crippen LogP contribution >= 0.6 is 24.0 Å². The lowest BCUT2D eigenvalue weighted by Gasteiger charge is -2.32. The number of carbonyl (C=O) groups is 2. The highest BCUT2D eigenvalue weighted by Gasteiger charge is 2.25. The Morgan fingerprint density at radius 3 is 2.36 bits per heavy atom. The second-order valence-corrected chi connectivity index (χ2v) is 7.34. The quantitative estimate of drug-likeness (QED) is 0.612. The first kappa shape index (κ1) is 17.5. The van der Waals surface area contributed by atoms with Gasteiger partial charge in [-0.15, -0.1) is 0 Å². The van der Waals surface area contributed by atoms with Gasteiger partial charge in [-0.05, 0) is 12.8 Å². The molecule has 2 heterocycles. The molecule has 0 atom stereocenters. The Kier molecular flexibility index (Phi) is 6.91. The fourth-order valence-corrected chi connectivity index (χ4v) is 3.92. The van der Waals surface area contributed by atoms with Crippen LogP contribution in [0, 0.1) is 0 Å². The van der Waals surface area contributed by atoms with Crippen LogP contribution in [0.3, 0.4) is 0 Å². The monoisotopic (exact) mass is 345 g/mol. The predicted octanol–water partition coefficient (Wildman–Crippen LogP) is -1.43. The number of quaternary nitrogens is 1. The zero-order valence-electron chi connectivity index (χ0n) is 13.1. The van der Waals surface area contributed by atoms with Crippen molar-refractivity contribution in [1.82, 2.24) is 15.1 Å². The van der Waals surface area contributed by atoms with E-state index in [-0.39, 0.29) is 11.8 Å². The third-order valence-electron chi connectivity index (χ3n) is 4.20. The first-order chi connectivity index (χ1) is 10.6. The van der Waals surface area contributed by atoms with Gasteiger partial charge in [0.05, 0.1) is 31.9 Å². The van der Waals surface area contributed by atoms with Gasteiger partial charge < -0.3 is 20.0 Å². The fraction of sp³-hybridized carbons (Fsp3) is 0.786. The van der Waals surface area contributed by atoms with Crippen molar-refractivity contribution in [2.75, 3.05) is 58.6 Å². The maximum absolute atomic E-state index is 12.2. The van der Waals surface area contributed by atoms with Crippen LogP contribution in [0.25, 0.3) is 0 Å². The summed E-state index contributed by atoms with van der Waals surface area (Å²) in [4.78, 5) is 28.9. The van der Waals surface area contributed by atoms with Crippen molar-refractivity contribution in [3.05, 3.63) is 0 Å². The Morgan fingerprint density at radius 1 is 1.14 bits per heavy atom. The zero-order chi connectivity index (χ0) is 15.9. The van der Waals surface area contributed by atoms with Crippen LogP contribution in [0.15, 0.2) is 0 Å². The lowest BCUT2D eigenvalue weighted by molar-refractivity contribution is -0.896. The van der Waals surface area contributed by atoms with Crippen LogP contribution in [-0.2, 0) is 9.59 Å². The normalized spacial score (nSPS) is 19.3. The van der Waals surface area contributed by atoms with Gasteiger partial charge in [0, 0.05) is 20.1 Å². The number of rotatable bonds is 4. The van der Waals surface area contributed by atoms with Crippen molar-refractivity contribution in [1.29, 1.82) is 0 Å². The maximum atomic E-state index is 12.2. The molecule has 22 heavy (non-hydrogen) atoms. The standard InChI is InChI=1S/C14H24N4O2S2/c1-15-12(19)10-16-6-8-17(9-7-16)13(20)11-22-14(21)18-4-2-3-5-18/h2-11H2,1H3,(H,15,19)/p+1. The van der Waals surface area contributed by atoms with Crippen LogP contribution in [-0.4, -0.2) is 84.5 Å². The Labute approximate surface area is 141 Å². The van der Waals surface area contributed by atoms with Crippen LogP contribution < -0.4 is 10.2 Å². The number of likely N-dealkylation sites (tertiary alicyclic amines) is 1. The summed E-state index contributed by atoms with van der Waals surface area (Å²) in [6.07, 6.45) is 2.40. The molecule has 0 aromatic heterocycles. The molecular formula is C14H25N4O2S2+. The Morgan fingerprint density at radius 2 is 1.77 bits per heavy atom. The highest BCUT2D eigenvalue weighted by molar-refractivity contribution is 8.23. The van der Waals surface area contributed by atoms with E-state index in [9.17, 15) is 9.59 Å². The van der Waals surface area contributed by atoms with Crippen molar-refractivity contribution in [2.24, 2.45) is 0 Å². The number of nitrogens with zero attached hydrogens (tertiary/aromatic N) is 2. The topological polar surface area (TPSA) is 57.1 Å². The van der Waals surface area contributed by atoms with Crippen molar-refractivity contribution in [3.8, 4) is 0 Å². The number of thioether (sulfide) groups is 1. The molecule has 0 bridgehead atoms. The van der Waals surface area contributed by atoms with Gasteiger partial charge in [-0.25, -0.2) is 0 Å². The summed E-state index contributed by atoms with van der Waals surface area (Å²) in [6.45, 7) is 5.67. The fourth-order valence-electron chi connectivity index (χ4n) is 2.77. The first-order valence-electron chi connectivity index (χ1n) is 7.84. The molecule has 0 saturated carbocycles. The molecule has 0 unspecified atom stereocenters. The van der Waals surface area contributed by atoms with E-state index in [1.165, 1.54) is 29.5 Å². The molecular weight excluding hydrogens is 320 g/mol. The largest absolute Gasteiger partial charge is 0.358 e. The molecule has 2 saturated heterocycles. The van der Waals surface area contributed by atoms with Gasteiger partial charge in [0.1, 0.15) is 4.32 Å². The molecule has 0 aromatic rings. The highest BCUT2D eigenvalue weighted by Crippen LogP contribution is 2.16. The zero-order valence-corrected chi connectivity index (χ0v) is 14.7. The van der Waals surface area contributed by atoms with Crippen LogP contribution in [0.4, 0.5) is 0 Å². The Bertz CT molecular complexity index is 419. The Hall–Kier alpha value is -0.860. The number of piperazine rings is 1. The number of likely N-dealkylation sites (N-methyl/N-ethyl adjacent to an activating group) is 1. The van der Waals surface area contributed by atoms with E-state index >= 15 is 0 Å². The maximum Gasteiger partial charge on any atom is 0.274 e. The van der Waals surface area contributed by atoms with E-state index in [0.29, 0.717) is 12.3 Å². The molecule has 0 aliphatic carbocycles. The number of carbonyl (C=O) groups excluding carboxylic acids is 2. The van der Waals surface area contributed by atoms with Gasteiger partial charge in [-0.3, -0.25) is 9.59 Å². The van der Waals surface area contributed by atoms with Gasteiger partial charge in [0.2, 0.25) is 5.91 Å². The number of thiocarbonyl (C=S) groups is 1. The lowest BCUT2D eigenvalue weighted by atomic mass is 10.3. The Balaban J connectivity index is 1.66. The van der Waals surface area contributed by atoms with Crippen molar-refractivity contribution >= 4 is 40.1 Å². The summed E-state index contributed by atoms with van der Waals surface area (Å²) in [5, 5.41) is 2.64. The second kappa shape index (κ2) is 8.69. The SMILES string of the molecule is CNC(=O)C[NH+]1CCN(C(=O)CSC(=S)N2CCCC2)CC1. The number of amides is 2. The van der Waals surface area contributed by atoms with Crippen LogP contribution in [0.5, 0.6) is 0 Å². The average Bonchev–Trinajstić information content (AvgIpc) is 3.07. The van der Waals surface area contributed by atoms with E-state index in [1.54, 1.807) is 7.05 Å². The van der Waals surface area contributed by atoms with Crippen molar-refractivity contribution in [3.63, 3.8) is 0 Å². The van der Waals surface area contributed by atoms with E-state index in [4.69, 9.17) is 12.2 Å². The van der Waals surface area contributed by atoms with Gasteiger partial charge >= 0.3 is 0 Å². The summed E-state index contributed by atoms with van der Waals surface area (Å²) in [5.74, 6) is 0.645. The molecule has 2 aliphatic rings. The molecule has 2 amide bonds. The molecule has 2 fully saturated rings. The number of hydrogen-bond donors (Lipinski definition) is 2. The molecule has 2 N–H and O–H groups in total. The molecule has 124 valence electrons. The second-order valence-electron chi connectivity index (χ2n) is 5.73. The molecule has 0 aromatic carbocycles. The average molecular weight is 346 g/mol. The lowest BCUT2D eigenvalue weighted by Crippen LogP contribution is -3.15. The molecule has 6 nitrogen and oxygen atoms in total. The summed E-state index contributed by atoms with van der Waals surface area (Å²) < 4.78 is 0.856. The third kappa shape index (κ3) is 5.10. The predicted molar refractivity (Wildman–Crippen MR) is 92.1 cm³/mol. The van der Waals surface area contributed by atoms with E-state index < -0.39 is 0 Å². The van der Waals surface area contributed by atoms with Crippen LogP contribution in [0.1, 0.15) is 12.8 Å². The van der Waals surface area contributed by atoms with Gasteiger partial charge in [0.25, 0.3) is 5.91 Å².